The van der Waals surface area contributed by atoms with Crippen LogP contribution in [0.25, 0.3) is 0 Å². The smallest absolute Gasteiger partial charge is 0.226 e. The summed E-state index contributed by atoms with van der Waals surface area (Å²) in [6.45, 7) is 1.66. The second kappa shape index (κ2) is 5.61. The van der Waals surface area contributed by atoms with E-state index >= 15 is 0 Å². The van der Waals surface area contributed by atoms with Gasteiger partial charge in [-0.05, 0) is 37.1 Å². The molecule has 1 rings (SSSR count). The van der Waals surface area contributed by atoms with Crippen LogP contribution in [0, 0.1) is 12.7 Å². The van der Waals surface area contributed by atoms with Gasteiger partial charge in [-0.3, -0.25) is 4.79 Å². The number of rotatable bonds is 4. The van der Waals surface area contributed by atoms with Crippen molar-refractivity contribution in [2.75, 3.05) is 18.6 Å². The Morgan fingerprint density at radius 3 is 2.75 bits per heavy atom. The van der Waals surface area contributed by atoms with Crippen LogP contribution in [0.4, 0.5) is 10.1 Å². The number of hydrogen-bond acceptors (Lipinski definition) is 2. The fourth-order valence-electron chi connectivity index (χ4n) is 1.38. The highest BCUT2D eigenvalue weighted by Crippen LogP contribution is 2.18. The van der Waals surface area contributed by atoms with E-state index in [4.69, 9.17) is 5.11 Å². The van der Waals surface area contributed by atoms with Gasteiger partial charge >= 0.3 is 0 Å². The summed E-state index contributed by atoms with van der Waals surface area (Å²) in [7, 11) is 1.65. The number of halogens is 1. The van der Waals surface area contributed by atoms with E-state index in [1.54, 1.807) is 26.1 Å². The second-order valence-corrected chi connectivity index (χ2v) is 3.71. The number of aliphatic hydroxyl groups is 1. The quantitative estimate of drug-likeness (QED) is 0.849. The predicted octanol–water partition coefficient (Wildman–Crippen LogP) is 1.87. The summed E-state index contributed by atoms with van der Waals surface area (Å²) in [6, 6.07) is 4.55. The molecule has 1 aromatic carbocycles. The van der Waals surface area contributed by atoms with Crippen LogP contribution in [-0.4, -0.2) is 24.7 Å². The molecule has 0 aliphatic rings. The normalized spacial score (nSPS) is 10.2. The molecule has 4 heteroatoms. The Morgan fingerprint density at radius 2 is 2.19 bits per heavy atom. The van der Waals surface area contributed by atoms with Crippen LogP contribution in [0.5, 0.6) is 0 Å². The number of carbonyl (C=O) groups excluding carboxylic acids is 1. The molecule has 1 amide bonds. The molecule has 0 aliphatic carbocycles. The highest BCUT2D eigenvalue weighted by Gasteiger charge is 2.11. The van der Waals surface area contributed by atoms with Crippen molar-refractivity contribution in [2.45, 2.75) is 19.8 Å². The van der Waals surface area contributed by atoms with E-state index in [9.17, 15) is 9.18 Å². The molecule has 16 heavy (non-hydrogen) atoms. The van der Waals surface area contributed by atoms with E-state index in [2.05, 4.69) is 0 Å². The van der Waals surface area contributed by atoms with Crippen molar-refractivity contribution in [3.8, 4) is 0 Å². The summed E-state index contributed by atoms with van der Waals surface area (Å²) in [5.41, 5.74) is 1.18. The Kier molecular flexibility index (Phi) is 4.43. The maximum atomic E-state index is 13.0. The molecule has 0 fully saturated rings. The van der Waals surface area contributed by atoms with Crippen molar-refractivity contribution >= 4 is 11.6 Å². The van der Waals surface area contributed by atoms with E-state index in [-0.39, 0.29) is 18.3 Å². The van der Waals surface area contributed by atoms with Gasteiger partial charge in [0.2, 0.25) is 5.91 Å². The molecular formula is C12H16FNO2. The number of benzene rings is 1. The van der Waals surface area contributed by atoms with E-state index < -0.39 is 0 Å². The number of aliphatic hydroxyl groups excluding tert-OH is 1. The van der Waals surface area contributed by atoms with Gasteiger partial charge in [-0.15, -0.1) is 0 Å². The van der Waals surface area contributed by atoms with Gasteiger partial charge in [0.1, 0.15) is 5.82 Å². The Balaban J connectivity index is 2.75. The molecule has 0 atom stereocenters. The third-order valence-corrected chi connectivity index (χ3v) is 2.45. The maximum absolute atomic E-state index is 13.0. The first kappa shape index (κ1) is 12.6. The molecule has 0 radical (unpaired) electrons. The lowest BCUT2D eigenvalue weighted by Gasteiger charge is -2.17. The number of hydrogen-bond donors (Lipinski definition) is 1. The average Bonchev–Trinajstić information content (AvgIpc) is 2.28. The zero-order valence-electron chi connectivity index (χ0n) is 9.53. The SMILES string of the molecule is Cc1cc(N(C)C(=O)CCCO)ccc1F. The monoisotopic (exact) mass is 225 g/mol. The van der Waals surface area contributed by atoms with Crippen molar-refractivity contribution in [2.24, 2.45) is 0 Å². The number of nitrogens with zero attached hydrogens (tertiary/aromatic N) is 1. The summed E-state index contributed by atoms with van der Waals surface area (Å²) in [4.78, 5) is 13.1. The van der Waals surface area contributed by atoms with E-state index in [1.165, 1.54) is 11.0 Å². The minimum atomic E-state index is -0.278. The first-order valence-electron chi connectivity index (χ1n) is 5.20. The number of aryl methyl sites for hydroxylation is 1. The highest BCUT2D eigenvalue weighted by atomic mass is 19.1. The van der Waals surface area contributed by atoms with Crippen LogP contribution >= 0.6 is 0 Å². The fraction of sp³-hybridized carbons (Fsp3) is 0.417. The number of anilines is 1. The Morgan fingerprint density at radius 1 is 1.50 bits per heavy atom. The lowest BCUT2D eigenvalue weighted by atomic mass is 10.2. The molecule has 0 saturated heterocycles. The fourth-order valence-corrected chi connectivity index (χ4v) is 1.38. The third kappa shape index (κ3) is 3.03. The van der Waals surface area contributed by atoms with Gasteiger partial charge in [0.25, 0.3) is 0 Å². The van der Waals surface area contributed by atoms with Crippen molar-refractivity contribution in [1.29, 1.82) is 0 Å². The molecule has 0 unspecified atom stereocenters. The predicted molar refractivity (Wildman–Crippen MR) is 60.9 cm³/mol. The molecule has 0 aliphatic heterocycles. The highest BCUT2D eigenvalue weighted by molar-refractivity contribution is 5.92. The topological polar surface area (TPSA) is 40.5 Å². The molecule has 0 spiro atoms. The molecular weight excluding hydrogens is 209 g/mol. The number of carbonyl (C=O) groups is 1. The molecule has 1 aromatic rings. The maximum Gasteiger partial charge on any atom is 0.226 e. The summed E-state index contributed by atoms with van der Waals surface area (Å²) in [5.74, 6) is -0.361. The van der Waals surface area contributed by atoms with Gasteiger partial charge in [-0.25, -0.2) is 4.39 Å². The van der Waals surface area contributed by atoms with Crippen LogP contribution in [0.3, 0.4) is 0 Å². The Hall–Kier alpha value is -1.42. The van der Waals surface area contributed by atoms with Crippen LogP contribution in [0.15, 0.2) is 18.2 Å². The molecule has 0 bridgehead atoms. The van der Waals surface area contributed by atoms with Crippen molar-refractivity contribution in [3.05, 3.63) is 29.6 Å². The first-order chi connectivity index (χ1) is 7.56. The van der Waals surface area contributed by atoms with Crippen LogP contribution in [0.2, 0.25) is 0 Å². The molecule has 88 valence electrons. The molecule has 1 N–H and O–H groups in total. The summed E-state index contributed by atoms with van der Waals surface area (Å²) >= 11 is 0. The minimum absolute atomic E-state index is 0.00201. The van der Waals surface area contributed by atoms with Gasteiger partial charge in [-0.1, -0.05) is 0 Å². The van der Waals surface area contributed by atoms with E-state index in [0.717, 1.165) is 0 Å². The van der Waals surface area contributed by atoms with E-state index in [0.29, 0.717) is 24.1 Å². The lowest BCUT2D eigenvalue weighted by Crippen LogP contribution is -2.26. The standard InChI is InChI=1S/C12H16FNO2/c1-9-8-10(5-6-11(9)13)14(2)12(16)4-3-7-15/h5-6,8,15H,3-4,7H2,1-2H3. The van der Waals surface area contributed by atoms with Gasteiger partial charge in [0.05, 0.1) is 0 Å². The Labute approximate surface area is 94.5 Å². The molecule has 0 saturated carbocycles. The van der Waals surface area contributed by atoms with Gasteiger partial charge in [0, 0.05) is 25.8 Å². The van der Waals surface area contributed by atoms with Gasteiger partial charge in [-0.2, -0.15) is 0 Å². The van der Waals surface area contributed by atoms with Gasteiger partial charge in [0.15, 0.2) is 0 Å². The van der Waals surface area contributed by atoms with Crippen molar-refractivity contribution in [3.63, 3.8) is 0 Å². The van der Waals surface area contributed by atoms with Gasteiger partial charge < -0.3 is 10.0 Å². The summed E-state index contributed by atoms with van der Waals surface area (Å²) in [6.07, 6.45) is 0.743. The zero-order chi connectivity index (χ0) is 12.1. The molecule has 3 nitrogen and oxygen atoms in total. The Bertz CT molecular complexity index is 379. The average molecular weight is 225 g/mol. The van der Waals surface area contributed by atoms with Crippen LogP contribution in [0.1, 0.15) is 18.4 Å². The van der Waals surface area contributed by atoms with Crippen molar-refractivity contribution in [1.82, 2.24) is 0 Å². The van der Waals surface area contributed by atoms with Crippen LogP contribution < -0.4 is 4.90 Å². The zero-order valence-corrected chi connectivity index (χ0v) is 9.53. The van der Waals surface area contributed by atoms with Crippen LogP contribution in [-0.2, 0) is 4.79 Å². The number of amides is 1. The van der Waals surface area contributed by atoms with Crippen molar-refractivity contribution < 1.29 is 14.3 Å². The summed E-state index contributed by atoms with van der Waals surface area (Å²) in [5, 5.41) is 8.63. The largest absolute Gasteiger partial charge is 0.396 e. The second-order valence-electron chi connectivity index (χ2n) is 3.71. The molecule has 0 aromatic heterocycles. The van der Waals surface area contributed by atoms with E-state index in [1.807, 2.05) is 0 Å². The molecule has 0 heterocycles. The minimum Gasteiger partial charge on any atom is -0.396 e. The lowest BCUT2D eigenvalue weighted by molar-refractivity contribution is -0.118. The first-order valence-corrected chi connectivity index (χ1v) is 5.20. The third-order valence-electron chi connectivity index (χ3n) is 2.45. The summed E-state index contributed by atoms with van der Waals surface area (Å²) < 4.78 is 13.0.